The number of benzene rings is 2. The van der Waals surface area contributed by atoms with Crippen molar-refractivity contribution in [1.29, 1.82) is 0 Å². The van der Waals surface area contributed by atoms with Crippen LogP contribution in [0, 0.1) is 0 Å². The van der Waals surface area contributed by atoms with Gasteiger partial charge in [0, 0.05) is 17.6 Å². The molecule has 0 saturated heterocycles. The Hall–Kier alpha value is -2.34. The molecule has 0 heterocycles. The molecule has 2 rings (SSSR count). The highest BCUT2D eigenvalue weighted by atomic mass is 16.5. The maximum absolute atomic E-state index is 10.4. The van der Waals surface area contributed by atoms with Gasteiger partial charge in [0.25, 0.3) is 0 Å². The van der Waals surface area contributed by atoms with Gasteiger partial charge in [-0.1, -0.05) is 55.1 Å². The Morgan fingerprint density at radius 2 is 1.77 bits per heavy atom. The second kappa shape index (κ2) is 12.4. The van der Waals surface area contributed by atoms with Crippen LogP contribution >= 0.6 is 0 Å². The first-order chi connectivity index (χ1) is 14.4. The normalized spacial score (nSPS) is 12.4. The van der Waals surface area contributed by atoms with E-state index < -0.39 is 6.10 Å². The number of β-amino-alcohol motifs (C(OH)–C–C–N with tert-alkyl or cyclic N) is 1. The number of hydrogen-bond acceptors (Lipinski definition) is 5. The van der Waals surface area contributed by atoms with Crippen LogP contribution in [0.4, 0.5) is 0 Å². The van der Waals surface area contributed by atoms with Crippen LogP contribution in [0.25, 0.3) is 0 Å². The van der Waals surface area contributed by atoms with Crippen molar-refractivity contribution in [1.82, 2.24) is 5.32 Å². The lowest BCUT2D eigenvalue weighted by molar-refractivity contribution is 0.0638. The van der Waals surface area contributed by atoms with Gasteiger partial charge in [0.05, 0.1) is 19.0 Å². The van der Waals surface area contributed by atoms with Crippen LogP contribution in [-0.4, -0.2) is 43.1 Å². The maximum Gasteiger partial charge on any atom is 0.124 e. The second-order valence-electron chi connectivity index (χ2n) is 8.10. The molecule has 0 radical (unpaired) electrons. The molecule has 5 nitrogen and oxygen atoms in total. The van der Waals surface area contributed by atoms with Crippen LogP contribution in [0.1, 0.15) is 31.9 Å². The average Bonchev–Trinajstić information content (AvgIpc) is 2.71. The Morgan fingerprint density at radius 3 is 2.50 bits per heavy atom. The summed E-state index contributed by atoms with van der Waals surface area (Å²) in [6.45, 7) is 11.8. The molecule has 0 spiro atoms. The first-order valence-electron chi connectivity index (χ1n) is 10.4. The predicted octanol–water partition coefficient (Wildman–Crippen LogP) is 4.10. The van der Waals surface area contributed by atoms with E-state index in [0.29, 0.717) is 32.1 Å². The van der Waals surface area contributed by atoms with Crippen LogP contribution in [0.2, 0.25) is 0 Å². The maximum atomic E-state index is 10.4. The van der Waals surface area contributed by atoms with Crippen molar-refractivity contribution in [3.63, 3.8) is 0 Å². The largest absolute Gasteiger partial charge is 0.496 e. The van der Waals surface area contributed by atoms with E-state index in [-0.39, 0.29) is 12.1 Å². The molecule has 2 aromatic rings. The first-order valence-corrected chi connectivity index (χ1v) is 10.4. The van der Waals surface area contributed by atoms with Gasteiger partial charge in [-0.2, -0.15) is 0 Å². The van der Waals surface area contributed by atoms with Crippen LogP contribution in [0.15, 0.2) is 66.9 Å². The van der Waals surface area contributed by atoms with E-state index in [1.165, 1.54) is 5.56 Å². The Kier molecular flexibility index (Phi) is 9.87. The van der Waals surface area contributed by atoms with E-state index in [4.69, 9.17) is 14.2 Å². The quantitative estimate of drug-likeness (QED) is 0.361. The van der Waals surface area contributed by atoms with E-state index >= 15 is 0 Å². The van der Waals surface area contributed by atoms with Crippen LogP contribution in [0.3, 0.4) is 0 Å². The Balaban J connectivity index is 1.74. The Morgan fingerprint density at radius 1 is 1.07 bits per heavy atom. The van der Waals surface area contributed by atoms with Crippen molar-refractivity contribution in [2.75, 3.05) is 26.4 Å². The second-order valence-corrected chi connectivity index (χ2v) is 8.10. The fourth-order valence-corrected chi connectivity index (χ4v) is 3.03. The summed E-state index contributed by atoms with van der Waals surface area (Å²) in [5, 5.41) is 13.8. The number of nitrogens with one attached hydrogen (secondary N) is 1. The van der Waals surface area contributed by atoms with Gasteiger partial charge in [-0.25, -0.2) is 0 Å². The zero-order chi connectivity index (χ0) is 21.8. The number of allylic oxidation sites excluding steroid dienone is 1. The lowest BCUT2D eigenvalue weighted by Gasteiger charge is -2.28. The van der Waals surface area contributed by atoms with Gasteiger partial charge in [-0.05, 0) is 38.8 Å². The highest BCUT2D eigenvalue weighted by Crippen LogP contribution is 2.19. The summed E-state index contributed by atoms with van der Waals surface area (Å²) in [6.07, 6.45) is 0.273. The van der Waals surface area contributed by atoms with Gasteiger partial charge in [0.2, 0.25) is 0 Å². The van der Waals surface area contributed by atoms with Crippen LogP contribution in [-0.2, 0) is 22.5 Å². The zero-order valence-electron chi connectivity index (χ0n) is 18.4. The zero-order valence-corrected chi connectivity index (χ0v) is 18.4. The first kappa shape index (κ1) is 23.9. The lowest BCUT2D eigenvalue weighted by atomic mass is 9.95. The molecule has 0 aliphatic heterocycles. The highest BCUT2D eigenvalue weighted by molar-refractivity contribution is 5.32. The monoisotopic (exact) mass is 413 g/mol. The topological polar surface area (TPSA) is 60.0 Å². The van der Waals surface area contributed by atoms with E-state index in [9.17, 15) is 5.11 Å². The third kappa shape index (κ3) is 9.44. The molecule has 5 heteroatoms. The van der Waals surface area contributed by atoms with Crippen molar-refractivity contribution in [3.05, 3.63) is 78.1 Å². The molecule has 30 heavy (non-hydrogen) atoms. The molecule has 1 unspecified atom stereocenters. The summed E-state index contributed by atoms with van der Waals surface area (Å²) in [6, 6.07) is 18.1. The molecule has 2 aromatic carbocycles. The van der Waals surface area contributed by atoms with Gasteiger partial charge >= 0.3 is 0 Å². The smallest absolute Gasteiger partial charge is 0.124 e. The van der Waals surface area contributed by atoms with Crippen LogP contribution < -0.4 is 10.1 Å². The third-order valence-electron chi connectivity index (χ3n) is 4.54. The third-order valence-corrected chi connectivity index (χ3v) is 4.54. The van der Waals surface area contributed by atoms with Gasteiger partial charge in [0.1, 0.15) is 25.1 Å². The number of para-hydroxylation sites is 1. The molecule has 0 saturated carbocycles. The van der Waals surface area contributed by atoms with E-state index in [2.05, 4.69) is 37.9 Å². The summed E-state index contributed by atoms with van der Waals surface area (Å²) >= 11 is 0. The fourth-order valence-electron chi connectivity index (χ4n) is 3.03. The minimum Gasteiger partial charge on any atom is -0.496 e. The molecule has 0 aliphatic rings. The SMILES string of the molecule is C=C(C)OCCOCc1ccccc1OCC(O)CNC(C)(C)Cc1ccccc1. The number of hydrogen-bond donors (Lipinski definition) is 2. The Labute approximate surface area is 180 Å². The van der Waals surface area contributed by atoms with Crippen LogP contribution in [0.5, 0.6) is 5.75 Å². The molecular weight excluding hydrogens is 378 g/mol. The fraction of sp³-hybridized carbons (Fsp3) is 0.440. The summed E-state index contributed by atoms with van der Waals surface area (Å²) in [4.78, 5) is 0. The molecule has 0 bridgehead atoms. The minimum atomic E-state index is -0.613. The minimum absolute atomic E-state index is 0.125. The highest BCUT2D eigenvalue weighted by Gasteiger charge is 2.19. The van der Waals surface area contributed by atoms with Crippen molar-refractivity contribution in [2.24, 2.45) is 0 Å². The lowest BCUT2D eigenvalue weighted by Crippen LogP contribution is -2.46. The van der Waals surface area contributed by atoms with Gasteiger partial charge < -0.3 is 24.6 Å². The number of ether oxygens (including phenoxy) is 3. The average molecular weight is 414 g/mol. The number of rotatable bonds is 14. The van der Waals surface area contributed by atoms with Gasteiger partial charge in [0.15, 0.2) is 0 Å². The molecule has 2 N–H and O–H groups in total. The molecule has 164 valence electrons. The number of aliphatic hydroxyl groups is 1. The standard InChI is InChI=1S/C25H35NO4/c1-20(2)29-15-14-28-18-22-12-8-9-13-24(22)30-19-23(27)17-26-25(3,4)16-21-10-6-5-7-11-21/h5-13,23,26-27H,1,14-19H2,2-4H3. The molecular formula is C25H35NO4. The van der Waals surface area contributed by atoms with Crippen molar-refractivity contribution >= 4 is 0 Å². The number of aliphatic hydroxyl groups excluding tert-OH is 1. The predicted molar refractivity (Wildman–Crippen MR) is 121 cm³/mol. The summed E-state index contributed by atoms with van der Waals surface area (Å²) in [5.74, 6) is 1.40. The van der Waals surface area contributed by atoms with Crippen molar-refractivity contribution in [3.8, 4) is 5.75 Å². The molecule has 0 aromatic heterocycles. The summed E-state index contributed by atoms with van der Waals surface area (Å²) < 4.78 is 16.8. The molecule has 0 fully saturated rings. The van der Waals surface area contributed by atoms with Crippen molar-refractivity contribution in [2.45, 2.75) is 45.4 Å². The molecule has 1 atom stereocenters. The van der Waals surface area contributed by atoms with Gasteiger partial charge in [-0.15, -0.1) is 0 Å². The van der Waals surface area contributed by atoms with E-state index in [1.807, 2.05) is 49.4 Å². The summed E-state index contributed by atoms with van der Waals surface area (Å²) in [7, 11) is 0. The van der Waals surface area contributed by atoms with E-state index in [1.54, 1.807) is 0 Å². The van der Waals surface area contributed by atoms with E-state index in [0.717, 1.165) is 17.7 Å². The Bertz CT molecular complexity index is 761. The summed E-state index contributed by atoms with van der Waals surface area (Å²) in [5.41, 5.74) is 2.08. The molecule has 0 amide bonds. The molecule has 0 aliphatic carbocycles. The van der Waals surface area contributed by atoms with Gasteiger partial charge in [-0.3, -0.25) is 0 Å². The van der Waals surface area contributed by atoms with Crippen molar-refractivity contribution < 1.29 is 19.3 Å².